The molecule has 0 radical (unpaired) electrons. The first-order valence-electron chi connectivity index (χ1n) is 6.31. The normalized spacial score (nSPS) is 12.2. The molecule has 2 aromatic rings. The highest BCUT2D eigenvalue weighted by atomic mass is 19.1. The SMILES string of the molecule is COc1ccc(CNC(C)c2ccc(F)cc2)cc1. The van der Waals surface area contributed by atoms with E-state index in [9.17, 15) is 4.39 Å². The van der Waals surface area contributed by atoms with Crippen molar-refractivity contribution in [1.29, 1.82) is 0 Å². The van der Waals surface area contributed by atoms with Crippen LogP contribution in [0.3, 0.4) is 0 Å². The zero-order chi connectivity index (χ0) is 13.7. The van der Waals surface area contributed by atoms with Crippen LogP contribution in [0, 0.1) is 5.82 Å². The van der Waals surface area contributed by atoms with E-state index >= 15 is 0 Å². The Hall–Kier alpha value is -1.87. The zero-order valence-electron chi connectivity index (χ0n) is 11.2. The van der Waals surface area contributed by atoms with Crippen molar-refractivity contribution in [2.45, 2.75) is 19.5 Å². The second kappa shape index (κ2) is 6.34. The Morgan fingerprint density at radius 3 is 2.26 bits per heavy atom. The van der Waals surface area contributed by atoms with Crippen LogP contribution in [0.4, 0.5) is 4.39 Å². The van der Waals surface area contributed by atoms with Crippen LogP contribution in [0.15, 0.2) is 48.5 Å². The molecule has 0 saturated carbocycles. The quantitative estimate of drug-likeness (QED) is 0.884. The molecule has 2 rings (SSSR count). The monoisotopic (exact) mass is 259 g/mol. The van der Waals surface area contributed by atoms with Gasteiger partial charge in [-0.3, -0.25) is 0 Å². The smallest absolute Gasteiger partial charge is 0.123 e. The average molecular weight is 259 g/mol. The van der Waals surface area contributed by atoms with E-state index in [2.05, 4.69) is 12.2 Å². The minimum absolute atomic E-state index is 0.183. The van der Waals surface area contributed by atoms with Gasteiger partial charge in [-0.25, -0.2) is 4.39 Å². The summed E-state index contributed by atoms with van der Waals surface area (Å²) in [4.78, 5) is 0. The van der Waals surface area contributed by atoms with Gasteiger partial charge in [0.25, 0.3) is 0 Å². The fraction of sp³-hybridized carbons (Fsp3) is 0.250. The molecule has 3 heteroatoms. The van der Waals surface area contributed by atoms with Crippen molar-refractivity contribution in [3.05, 3.63) is 65.5 Å². The Kier molecular flexibility index (Phi) is 4.53. The van der Waals surface area contributed by atoms with Crippen LogP contribution in [-0.4, -0.2) is 7.11 Å². The van der Waals surface area contributed by atoms with Crippen molar-refractivity contribution in [2.75, 3.05) is 7.11 Å². The number of ether oxygens (including phenoxy) is 1. The van der Waals surface area contributed by atoms with Gasteiger partial charge < -0.3 is 10.1 Å². The predicted octanol–water partition coefficient (Wildman–Crippen LogP) is 3.69. The molecule has 0 aliphatic rings. The fourth-order valence-corrected chi connectivity index (χ4v) is 1.88. The van der Waals surface area contributed by atoms with E-state index in [1.54, 1.807) is 19.2 Å². The maximum atomic E-state index is 12.8. The minimum Gasteiger partial charge on any atom is -0.497 e. The number of hydrogen-bond donors (Lipinski definition) is 1. The number of methoxy groups -OCH3 is 1. The second-order valence-corrected chi connectivity index (χ2v) is 4.50. The summed E-state index contributed by atoms with van der Waals surface area (Å²) >= 11 is 0. The number of rotatable bonds is 5. The second-order valence-electron chi connectivity index (χ2n) is 4.50. The van der Waals surface area contributed by atoms with Crippen LogP contribution in [0.5, 0.6) is 5.75 Å². The molecule has 0 aromatic heterocycles. The first kappa shape index (κ1) is 13.6. The Morgan fingerprint density at radius 2 is 1.68 bits per heavy atom. The summed E-state index contributed by atoms with van der Waals surface area (Å²) in [6.45, 7) is 2.83. The molecule has 1 atom stereocenters. The molecule has 2 aromatic carbocycles. The Morgan fingerprint density at radius 1 is 1.05 bits per heavy atom. The first-order chi connectivity index (χ1) is 9.19. The van der Waals surface area contributed by atoms with Crippen LogP contribution >= 0.6 is 0 Å². The number of nitrogens with one attached hydrogen (secondary N) is 1. The fourth-order valence-electron chi connectivity index (χ4n) is 1.88. The lowest BCUT2D eigenvalue weighted by atomic mass is 10.1. The van der Waals surface area contributed by atoms with Gasteiger partial charge >= 0.3 is 0 Å². The molecular weight excluding hydrogens is 241 g/mol. The molecule has 1 N–H and O–H groups in total. The third-order valence-corrected chi connectivity index (χ3v) is 3.14. The highest BCUT2D eigenvalue weighted by molar-refractivity contribution is 5.27. The summed E-state index contributed by atoms with van der Waals surface area (Å²) in [5, 5.41) is 3.41. The molecule has 0 saturated heterocycles. The standard InChI is InChI=1S/C16H18FNO/c1-12(14-5-7-15(17)8-6-14)18-11-13-3-9-16(19-2)10-4-13/h3-10,12,18H,11H2,1-2H3. The summed E-state index contributed by atoms with van der Waals surface area (Å²) in [6.07, 6.45) is 0. The lowest BCUT2D eigenvalue weighted by Gasteiger charge is -2.14. The van der Waals surface area contributed by atoms with E-state index in [-0.39, 0.29) is 11.9 Å². The third-order valence-electron chi connectivity index (χ3n) is 3.14. The summed E-state index contributed by atoms with van der Waals surface area (Å²) in [5.41, 5.74) is 2.27. The maximum absolute atomic E-state index is 12.8. The van der Waals surface area contributed by atoms with Crippen molar-refractivity contribution < 1.29 is 9.13 Å². The third kappa shape index (κ3) is 3.80. The van der Waals surface area contributed by atoms with Gasteiger partial charge in [0.1, 0.15) is 11.6 Å². The van der Waals surface area contributed by atoms with Crippen LogP contribution in [-0.2, 0) is 6.54 Å². The minimum atomic E-state index is -0.203. The van der Waals surface area contributed by atoms with Gasteiger partial charge in [0.2, 0.25) is 0 Å². The molecule has 0 fully saturated rings. The lowest BCUT2D eigenvalue weighted by molar-refractivity contribution is 0.414. The average Bonchev–Trinajstić information content (AvgIpc) is 2.46. The predicted molar refractivity (Wildman–Crippen MR) is 74.6 cm³/mol. The van der Waals surface area contributed by atoms with E-state index in [1.807, 2.05) is 24.3 Å². The molecule has 0 spiro atoms. The van der Waals surface area contributed by atoms with Gasteiger partial charge in [-0.1, -0.05) is 24.3 Å². The van der Waals surface area contributed by atoms with E-state index in [1.165, 1.54) is 17.7 Å². The van der Waals surface area contributed by atoms with E-state index in [0.717, 1.165) is 17.9 Å². The Labute approximate surface area is 113 Å². The van der Waals surface area contributed by atoms with Crippen molar-refractivity contribution in [3.8, 4) is 5.75 Å². The molecule has 19 heavy (non-hydrogen) atoms. The highest BCUT2D eigenvalue weighted by Gasteiger charge is 2.04. The van der Waals surface area contributed by atoms with Crippen LogP contribution in [0.25, 0.3) is 0 Å². The summed E-state index contributed by atoms with van der Waals surface area (Å²) in [6, 6.07) is 14.7. The summed E-state index contributed by atoms with van der Waals surface area (Å²) < 4.78 is 18.0. The van der Waals surface area contributed by atoms with Crippen LogP contribution in [0.1, 0.15) is 24.1 Å². The van der Waals surface area contributed by atoms with Gasteiger partial charge in [-0.2, -0.15) is 0 Å². The number of hydrogen-bond acceptors (Lipinski definition) is 2. The molecular formula is C16H18FNO. The van der Waals surface area contributed by atoms with Gasteiger partial charge in [0.15, 0.2) is 0 Å². The summed E-state index contributed by atoms with van der Waals surface area (Å²) in [7, 11) is 1.66. The lowest BCUT2D eigenvalue weighted by Crippen LogP contribution is -2.17. The van der Waals surface area contributed by atoms with Gasteiger partial charge in [0.05, 0.1) is 7.11 Å². The van der Waals surface area contributed by atoms with Crippen molar-refractivity contribution >= 4 is 0 Å². The van der Waals surface area contributed by atoms with Gasteiger partial charge in [-0.05, 0) is 42.3 Å². The number of halogens is 1. The Balaban J connectivity index is 1.92. The molecule has 0 aliphatic carbocycles. The topological polar surface area (TPSA) is 21.3 Å². The molecule has 0 aliphatic heterocycles. The van der Waals surface area contributed by atoms with Crippen molar-refractivity contribution in [2.24, 2.45) is 0 Å². The zero-order valence-corrected chi connectivity index (χ0v) is 11.2. The van der Waals surface area contributed by atoms with Crippen molar-refractivity contribution in [1.82, 2.24) is 5.32 Å². The molecule has 100 valence electrons. The summed E-state index contributed by atoms with van der Waals surface area (Å²) in [5.74, 6) is 0.654. The van der Waals surface area contributed by atoms with E-state index in [4.69, 9.17) is 4.74 Å². The molecule has 0 heterocycles. The van der Waals surface area contributed by atoms with Gasteiger partial charge in [-0.15, -0.1) is 0 Å². The molecule has 2 nitrogen and oxygen atoms in total. The van der Waals surface area contributed by atoms with Gasteiger partial charge in [0, 0.05) is 12.6 Å². The Bertz CT molecular complexity index is 507. The molecule has 1 unspecified atom stereocenters. The van der Waals surface area contributed by atoms with Crippen LogP contribution < -0.4 is 10.1 Å². The molecule has 0 bridgehead atoms. The maximum Gasteiger partial charge on any atom is 0.123 e. The van der Waals surface area contributed by atoms with Crippen molar-refractivity contribution in [3.63, 3.8) is 0 Å². The molecule has 0 amide bonds. The van der Waals surface area contributed by atoms with E-state index < -0.39 is 0 Å². The largest absolute Gasteiger partial charge is 0.497 e. The highest BCUT2D eigenvalue weighted by Crippen LogP contribution is 2.15. The first-order valence-corrected chi connectivity index (χ1v) is 6.31. The van der Waals surface area contributed by atoms with Crippen LogP contribution in [0.2, 0.25) is 0 Å². The van der Waals surface area contributed by atoms with E-state index in [0.29, 0.717) is 0 Å². The number of benzene rings is 2.